The van der Waals surface area contributed by atoms with E-state index in [1.165, 1.54) is 18.4 Å². The minimum atomic E-state index is -0.141. The van der Waals surface area contributed by atoms with E-state index in [0.717, 1.165) is 12.3 Å². The van der Waals surface area contributed by atoms with E-state index >= 15 is 0 Å². The van der Waals surface area contributed by atoms with E-state index in [1.807, 2.05) is 6.07 Å². The molecule has 0 saturated heterocycles. The molecule has 0 radical (unpaired) electrons. The van der Waals surface area contributed by atoms with Gasteiger partial charge in [0.15, 0.2) is 0 Å². The van der Waals surface area contributed by atoms with E-state index in [-0.39, 0.29) is 5.60 Å². The molecule has 1 aliphatic heterocycles. The van der Waals surface area contributed by atoms with Gasteiger partial charge in [0.05, 0.1) is 6.04 Å². The van der Waals surface area contributed by atoms with Crippen molar-refractivity contribution in [3.63, 3.8) is 0 Å². The van der Waals surface area contributed by atoms with Crippen LogP contribution in [-0.4, -0.2) is 12.1 Å². The van der Waals surface area contributed by atoms with Crippen LogP contribution < -0.4 is 10.1 Å². The monoisotopic (exact) mass is 219 g/mol. The average molecular weight is 219 g/mol. The van der Waals surface area contributed by atoms with Crippen LogP contribution in [0.5, 0.6) is 5.75 Å². The van der Waals surface area contributed by atoms with Crippen molar-refractivity contribution in [2.75, 3.05) is 6.54 Å². The third-order valence-electron chi connectivity index (χ3n) is 3.18. The minimum absolute atomic E-state index is 0.141. The van der Waals surface area contributed by atoms with Crippen LogP contribution in [0.15, 0.2) is 24.3 Å². The SMILES string of the molecule is CCCCNC1c2ccccc2OC1(C)C. The number of unbranched alkanes of at least 4 members (excludes halogenated alkanes) is 1. The number of nitrogens with one attached hydrogen (secondary N) is 1. The van der Waals surface area contributed by atoms with Crippen LogP contribution in [0, 0.1) is 0 Å². The summed E-state index contributed by atoms with van der Waals surface area (Å²) in [6, 6.07) is 8.64. The third kappa shape index (κ3) is 2.07. The van der Waals surface area contributed by atoms with Gasteiger partial charge in [-0.15, -0.1) is 0 Å². The summed E-state index contributed by atoms with van der Waals surface area (Å²) in [5.74, 6) is 1.03. The van der Waals surface area contributed by atoms with Crippen LogP contribution in [0.3, 0.4) is 0 Å². The second-order valence-corrected chi connectivity index (χ2v) is 4.98. The maximum atomic E-state index is 5.98. The first kappa shape index (κ1) is 11.5. The van der Waals surface area contributed by atoms with Gasteiger partial charge in [0, 0.05) is 5.56 Å². The number of benzene rings is 1. The minimum Gasteiger partial charge on any atom is -0.486 e. The topological polar surface area (TPSA) is 21.3 Å². The lowest BCUT2D eigenvalue weighted by molar-refractivity contribution is 0.0965. The molecule has 2 nitrogen and oxygen atoms in total. The molecule has 16 heavy (non-hydrogen) atoms. The second kappa shape index (κ2) is 4.46. The Hall–Kier alpha value is -1.02. The summed E-state index contributed by atoms with van der Waals surface area (Å²) >= 11 is 0. The van der Waals surface area contributed by atoms with E-state index in [1.54, 1.807) is 0 Å². The quantitative estimate of drug-likeness (QED) is 0.785. The van der Waals surface area contributed by atoms with Crippen LogP contribution in [0.2, 0.25) is 0 Å². The van der Waals surface area contributed by atoms with E-state index < -0.39 is 0 Å². The van der Waals surface area contributed by atoms with Crippen molar-refractivity contribution >= 4 is 0 Å². The Morgan fingerprint density at radius 1 is 1.31 bits per heavy atom. The lowest BCUT2D eigenvalue weighted by Gasteiger charge is -2.27. The van der Waals surface area contributed by atoms with Gasteiger partial charge in [-0.2, -0.15) is 0 Å². The Balaban J connectivity index is 2.15. The summed E-state index contributed by atoms with van der Waals surface area (Å²) < 4.78 is 5.98. The first-order valence-electron chi connectivity index (χ1n) is 6.16. The highest BCUT2D eigenvalue weighted by molar-refractivity contribution is 5.42. The molecular weight excluding hydrogens is 198 g/mol. The zero-order valence-electron chi connectivity index (χ0n) is 10.4. The zero-order chi connectivity index (χ0) is 11.6. The molecule has 0 bridgehead atoms. The fourth-order valence-corrected chi connectivity index (χ4v) is 2.31. The molecule has 1 aromatic rings. The molecule has 1 aromatic carbocycles. The Bertz CT molecular complexity index is 360. The van der Waals surface area contributed by atoms with Gasteiger partial charge in [-0.3, -0.25) is 0 Å². The Morgan fingerprint density at radius 3 is 2.81 bits per heavy atom. The summed E-state index contributed by atoms with van der Waals surface area (Å²) in [4.78, 5) is 0. The van der Waals surface area contributed by atoms with Gasteiger partial charge >= 0.3 is 0 Å². The maximum Gasteiger partial charge on any atom is 0.125 e. The Labute approximate surface area is 98.0 Å². The Morgan fingerprint density at radius 2 is 2.06 bits per heavy atom. The smallest absolute Gasteiger partial charge is 0.125 e. The molecule has 1 N–H and O–H groups in total. The van der Waals surface area contributed by atoms with Gasteiger partial charge in [-0.05, 0) is 32.9 Å². The lowest BCUT2D eigenvalue weighted by Crippen LogP contribution is -2.39. The predicted octanol–water partition coefficient (Wildman–Crippen LogP) is 3.29. The van der Waals surface area contributed by atoms with Crippen molar-refractivity contribution in [2.24, 2.45) is 0 Å². The fraction of sp³-hybridized carbons (Fsp3) is 0.571. The standard InChI is InChI=1S/C14H21NO/c1-4-5-10-15-13-11-8-6-7-9-12(11)16-14(13,2)3/h6-9,13,15H,4-5,10H2,1-3H3. The van der Waals surface area contributed by atoms with Crippen LogP contribution >= 0.6 is 0 Å². The summed E-state index contributed by atoms with van der Waals surface area (Å²) in [5.41, 5.74) is 1.15. The van der Waals surface area contributed by atoms with Crippen molar-refractivity contribution in [3.05, 3.63) is 29.8 Å². The number of rotatable bonds is 4. The van der Waals surface area contributed by atoms with Gasteiger partial charge in [-0.25, -0.2) is 0 Å². The largest absolute Gasteiger partial charge is 0.486 e. The van der Waals surface area contributed by atoms with Crippen molar-refractivity contribution < 1.29 is 4.74 Å². The van der Waals surface area contributed by atoms with Crippen molar-refractivity contribution in [1.29, 1.82) is 0 Å². The van der Waals surface area contributed by atoms with Gasteiger partial charge < -0.3 is 10.1 Å². The van der Waals surface area contributed by atoms with Crippen LogP contribution in [0.4, 0.5) is 0 Å². The van der Waals surface area contributed by atoms with Gasteiger partial charge in [0.1, 0.15) is 11.4 Å². The molecule has 1 unspecified atom stereocenters. The van der Waals surface area contributed by atoms with Crippen molar-refractivity contribution in [2.45, 2.75) is 45.3 Å². The van der Waals surface area contributed by atoms with E-state index in [4.69, 9.17) is 4.74 Å². The summed E-state index contributed by atoms with van der Waals surface area (Å²) in [5, 5.41) is 3.60. The number of ether oxygens (including phenoxy) is 1. The summed E-state index contributed by atoms with van der Waals surface area (Å²) in [6.07, 6.45) is 2.44. The Kier molecular flexibility index (Phi) is 3.20. The van der Waals surface area contributed by atoms with Gasteiger partial charge in [0.25, 0.3) is 0 Å². The first-order valence-corrected chi connectivity index (χ1v) is 6.16. The molecule has 1 atom stereocenters. The zero-order valence-corrected chi connectivity index (χ0v) is 10.4. The van der Waals surface area contributed by atoms with Crippen LogP contribution in [0.25, 0.3) is 0 Å². The lowest BCUT2D eigenvalue weighted by atomic mass is 9.94. The molecule has 2 rings (SSSR count). The van der Waals surface area contributed by atoms with Crippen LogP contribution in [0.1, 0.15) is 45.2 Å². The normalized spacial score (nSPS) is 21.6. The number of hydrogen-bond acceptors (Lipinski definition) is 2. The fourth-order valence-electron chi connectivity index (χ4n) is 2.31. The molecule has 2 heteroatoms. The molecule has 0 saturated carbocycles. The summed E-state index contributed by atoms with van der Waals surface area (Å²) in [7, 11) is 0. The number of hydrogen-bond donors (Lipinski definition) is 1. The molecular formula is C14H21NO. The molecule has 0 aromatic heterocycles. The number of para-hydroxylation sites is 1. The molecule has 0 spiro atoms. The molecule has 1 heterocycles. The predicted molar refractivity (Wildman–Crippen MR) is 66.8 cm³/mol. The third-order valence-corrected chi connectivity index (χ3v) is 3.18. The van der Waals surface area contributed by atoms with Crippen molar-refractivity contribution in [1.82, 2.24) is 5.32 Å². The maximum absolute atomic E-state index is 5.98. The van der Waals surface area contributed by atoms with E-state index in [0.29, 0.717) is 6.04 Å². The molecule has 0 amide bonds. The van der Waals surface area contributed by atoms with E-state index in [2.05, 4.69) is 44.3 Å². The van der Waals surface area contributed by atoms with Crippen molar-refractivity contribution in [3.8, 4) is 5.75 Å². The summed E-state index contributed by atoms with van der Waals surface area (Å²) in [6.45, 7) is 7.57. The van der Waals surface area contributed by atoms with E-state index in [9.17, 15) is 0 Å². The van der Waals surface area contributed by atoms with Gasteiger partial charge in [-0.1, -0.05) is 31.5 Å². The van der Waals surface area contributed by atoms with Gasteiger partial charge in [0.2, 0.25) is 0 Å². The highest BCUT2D eigenvalue weighted by atomic mass is 16.5. The highest BCUT2D eigenvalue weighted by Crippen LogP contribution is 2.42. The average Bonchev–Trinajstić information content (AvgIpc) is 2.50. The molecule has 1 aliphatic rings. The molecule has 0 fully saturated rings. The first-order chi connectivity index (χ1) is 7.65. The number of fused-ring (bicyclic) bond motifs is 1. The molecule has 0 aliphatic carbocycles. The second-order valence-electron chi connectivity index (χ2n) is 4.98. The molecule has 88 valence electrons. The van der Waals surface area contributed by atoms with Crippen LogP contribution in [-0.2, 0) is 0 Å². The highest BCUT2D eigenvalue weighted by Gasteiger charge is 2.40.